The van der Waals surface area contributed by atoms with Gasteiger partial charge < -0.3 is 0 Å². The Balaban J connectivity index is 1.96. The van der Waals surface area contributed by atoms with Crippen molar-refractivity contribution in [2.45, 2.75) is 18.8 Å². The molecular formula is C22H16O. The summed E-state index contributed by atoms with van der Waals surface area (Å²) in [5, 5.41) is 0. The molecule has 1 atom stereocenters. The maximum Gasteiger partial charge on any atom is 0.164 e. The number of carbonyl (C=O) groups excluding carboxylic acids is 1. The molecule has 23 heavy (non-hydrogen) atoms. The average Bonchev–Trinajstić information content (AvgIpc) is 3.03. The summed E-state index contributed by atoms with van der Waals surface area (Å²) < 4.78 is 0. The molecule has 0 bridgehead atoms. The van der Waals surface area contributed by atoms with E-state index >= 15 is 0 Å². The van der Waals surface area contributed by atoms with Gasteiger partial charge in [-0.25, -0.2) is 0 Å². The van der Waals surface area contributed by atoms with Crippen LogP contribution in [0.5, 0.6) is 0 Å². The van der Waals surface area contributed by atoms with Crippen molar-refractivity contribution in [3.05, 3.63) is 94.5 Å². The molecule has 5 rings (SSSR count). The van der Waals surface area contributed by atoms with E-state index in [1.165, 1.54) is 33.4 Å². The molecule has 0 radical (unpaired) electrons. The van der Waals surface area contributed by atoms with Gasteiger partial charge in [-0.15, -0.1) is 0 Å². The van der Waals surface area contributed by atoms with E-state index in [9.17, 15) is 4.79 Å². The van der Waals surface area contributed by atoms with Crippen LogP contribution in [0, 0.1) is 6.92 Å². The smallest absolute Gasteiger partial charge is 0.164 e. The molecule has 3 aromatic carbocycles. The van der Waals surface area contributed by atoms with Crippen molar-refractivity contribution < 1.29 is 4.79 Å². The van der Waals surface area contributed by atoms with Crippen LogP contribution in [0.4, 0.5) is 0 Å². The zero-order chi connectivity index (χ0) is 15.6. The zero-order valence-corrected chi connectivity index (χ0v) is 13.0. The summed E-state index contributed by atoms with van der Waals surface area (Å²) >= 11 is 0. The number of benzene rings is 3. The molecule has 3 aromatic rings. The van der Waals surface area contributed by atoms with Crippen molar-refractivity contribution in [2.75, 3.05) is 0 Å². The zero-order valence-electron chi connectivity index (χ0n) is 13.0. The number of fused-ring (bicyclic) bond motifs is 7. The quantitative estimate of drug-likeness (QED) is 0.577. The molecule has 110 valence electrons. The van der Waals surface area contributed by atoms with E-state index in [0.29, 0.717) is 6.42 Å². The van der Waals surface area contributed by atoms with Crippen molar-refractivity contribution in [2.24, 2.45) is 0 Å². The second-order valence-electron chi connectivity index (χ2n) is 6.65. The molecule has 0 saturated heterocycles. The second kappa shape index (κ2) is 4.20. The van der Waals surface area contributed by atoms with E-state index in [1.54, 1.807) is 0 Å². The molecule has 1 spiro atoms. The monoisotopic (exact) mass is 296 g/mol. The number of hydrogen-bond donors (Lipinski definition) is 0. The van der Waals surface area contributed by atoms with Gasteiger partial charge in [0.1, 0.15) is 0 Å². The normalized spacial score (nSPS) is 20.5. The molecule has 1 nitrogen and oxygen atoms in total. The highest BCUT2D eigenvalue weighted by Crippen LogP contribution is 2.58. The highest BCUT2D eigenvalue weighted by Gasteiger charge is 2.51. The number of hydrogen-bond acceptors (Lipinski definition) is 1. The number of Topliss-reactive ketones (excluding diaryl/α,β-unsaturated/α-hetero) is 1. The third-order valence-electron chi connectivity index (χ3n) is 5.42. The Morgan fingerprint density at radius 1 is 0.739 bits per heavy atom. The van der Waals surface area contributed by atoms with Crippen molar-refractivity contribution in [1.82, 2.24) is 0 Å². The SMILES string of the molecule is Cc1ccc2c(c1)[C@]1(CC(=O)c3ccccc31)c1ccccc1-2. The maximum absolute atomic E-state index is 12.7. The predicted octanol–water partition coefficient (Wildman–Crippen LogP) is 4.90. The fourth-order valence-corrected chi connectivity index (χ4v) is 4.49. The summed E-state index contributed by atoms with van der Waals surface area (Å²) in [5.74, 6) is 0.254. The van der Waals surface area contributed by atoms with Gasteiger partial charge >= 0.3 is 0 Å². The van der Waals surface area contributed by atoms with E-state index in [-0.39, 0.29) is 11.2 Å². The van der Waals surface area contributed by atoms with Gasteiger partial charge in [-0.05, 0) is 34.7 Å². The minimum atomic E-state index is -0.300. The summed E-state index contributed by atoms with van der Waals surface area (Å²) in [6.07, 6.45) is 0.541. The Labute approximate surface area is 135 Å². The number of aryl methyl sites for hydroxylation is 1. The van der Waals surface area contributed by atoms with Gasteiger partial charge in [0.05, 0.1) is 5.41 Å². The van der Waals surface area contributed by atoms with E-state index in [0.717, 1.165) is 5.56 Å². The van der Waals surface area contributed by atoms with Gasteiger partial charge in [0, 0.05) is 12.0 Å². The Morgan fingerprint density at radius 3 is 2.13 bits per heavy atom. The first-order valence-electron chi connectivity index (χ1n) is 8.05. The molecule has 0 aromatic heterocycles. The van der Waals surface area contributed by atoms with Crippen LogP contribution in [-0.2, 0) is 5.41 Å². The lowest BCUT2D eigenvalue weighted by Gasteiger charge is -2.27. The number of carbonyl (C=O) groups is 1. The molecule has 0 fully saturated rings. The number of ketones is 1. The van der Waals surface area contributed by atoms with E-state index < -0.39 is 0 Å². The van der Waals surface area contributed by atoms with Crippen LogP contribution < -0.4 is 0 Å². The van der Waals surface area contributed by atoms with Crippen molar-refractivity contribution in [3.63, 3.8) is 0 Å². The molecule has 0 aliphatic heterocycles. The third-order valence-corrected chi connectivity index (χ3v) is 5.42. The summed E-state index contributed by atoms with van der Waals surface area (Å²) in [6.45, 7) is 2.12. The van der Waals surface area contributed by atoms with Crippen LogP contribution in [-0.4, -0.2) is 5.78 Å². The predicted molar refractivity (Wildman–Crippen MR) is 91.9 cm³/mol. The first kappa shape index (κ1) is 12.8. The van der Waals surface area contributed by atoms with Crippen LogP contribution in [0.2, 0.25) is 0 Å². The topological polar surface area (TPSA) is 17.1 Å². The Morgan fingerprint density at radius 2 is 1.35 bits per heavy atom. The minimum Gasteiger partial charge on any atom is -0.294 e. The van der Waals surface area contributed by atoms with Crippen molar-refractivity contribution in [3.8, 4) is 11.1 Å². The van der Waals surface area contributed by atoms with E-state index in [4.69, 9.17) is 0 Å². The first-order chi connectivity index (χ1) is 11.2. The standard InChI is InChI=1S/C22H16O/c1-14-10-11-16-15-6-2-4-8-18(15)22(20(16)12-14)13-21(23)17-7-3-5-9-19(17)22/h2-12H,13H2,1H3/t22-/m1/s1. The molecule has 0 unspecified atom stereocenters. The summed E-state index contributed by atoms with van der Waals surface area (Å²) in [6, 6.07) is 23.3. The summed E-state index contributed by atoms with van der Waals surface area (Å²) in [4.78, 5) is 12.7. The fourth-order valence-electron chi connectivity index (χ4n) is 4.49. The van der Waals surface area contributed by atoms with Crippen LogP contribution in [0.15, 0.2) is 66.7 Å². The molecule has 0 N–H and O–H groups in total. The van der Waals surface area contributed by atoms with Crippen LogP contribution in [0.3, 0.4) is 0 Å². The maximum atomic E-state index is 12.7. The van der Waals surface area contributed by atoms with Gasteiger partial charge in [-0.3, -0.25) is 4.79 Å². The first-order valence-corrected chi connectivity index (χ1v) is 8.05. The summed E-state index contributed by atoms with van der Waals surface area (Å²) in [7, 11) is 0. The van der Waals surface area contributed by atoms with Gasteiger partial charge in [0.15, 0.2) is 5.78 Å². The van der Waals surface area contributed by atoms with E-state index in [2.05, 4.69) is 61.5 Å². The third kappa shape index (κ3) is 1.45. The largest absolute Gasteiger partial charge is 0.294 e. The molecule has 0 heterocycles. The fraction of sp³-hybridized carbons (Fsp3) is 0.136. The van der Waals surface area contributed by atoms with Crippen molar-refractivity contribution >= 4 is 5.78 Å². The van der Waals surface area contributed by atoms with Gasteiger partial charge in [0.25, 0.3) is 0 Å². The minimum absolute atomic E-state index is 0.254. The van der Waals surface area contributed by atoms with Crippen LogP contribution in [0.1, 0.15) is 39.0 Å². The second-order valence-corrected chi connectivity index (χ2v) is 6.65. The average molecular weight is 296 g/mol. The number of rotatable bonds is 0. The molecule has 0 amide bonds. The summed E-state index contributed by atoms with van der Waals surface area (Å²) in [5.41, 5.74) is 8.11. The lowest BCUT2D eigenvalue weighted by molar-refractivity contribution is 0.0984. The molecule has 2 aliphatic carbocycles. The highest BCUT2D eigenvalue weighted by molar-refractivity contribution is 6.06. The van der Waals surface area contributed by atoms with Crippen molar-refractivity contribution in [1.29, 1.82) is 0 Å². The lowest BCUT2D eigenvalue weighted by Crippen LogP contribution is -2.24. The Kier molecular flexibility index (Phi) is 2.34. The highest BCUT2D eigenvalue weighted by atomic mass is 16.1. The lowest BCUT2D eigenvalue weighted by atomic mass is 9.73. The van der Waals surface area contributed by atoms with Gasteiger partial charge in [-0.1, -0.05) is 72.3 Å². The van der Waals surface area contributed by atoms with Crippen LogP contribution >= 0.6 is 0 Å². The Bertz CT molecular complexity index is 983. The molecule has 0 saturated carbocycles. The van der Waals surface area contributed by atoms with E-state index in [1.807, 2.05) is 12.1 Å². The molecule has 2 aliphatic rings. The molecule has 1 heteroatoms. The van der Waals surface area contributed by atoms with Gasteiger partial charge in [-0.2, -0.15) is 0 Å². The van der Waals surface area contributed by atoms with Gasteiger partial charge in [0.2, 0.25) is 0 Å². The van der Waals surface area contributed by atoms with Crippen LogP contribution in [0.25, 0.3) is 11.1 Å². The Hall–Kier alpha value is -2.67. The molecular weight excluding hydrogens is 280 g/mol.